The van der Waals surface area contributed by atoms with Crippen LogP contribution in [0.3, 0.4) is 0 Å². The van der Waals surface area contributed by atoms with Crippen LogP contribution in [0.25, 0.3) is 0 Å². The summed E-state index contributed by atoms with van der Waals surface area (Å²) < 4.78 is 0.757. The van der Waals surface area contributed by atoms with Crippen LogP contribution in [0.15, 0.2) is 12.1 Å². The van der Waals surface area contributed by atoms with Gasteiger partial charge in [0.15, 0.2) is 0 Å². The van der Waals surface area contributed by atoms with Crippen LogP contribution < -0.4 is 0 Å². The van der Waals surface area contributed by atoms with Gasteiger partial charge in [-0.1, -0.05) is 11.6 Å². The monoisotopic (exact) mass is 316 g/mol. The molecule has 0 bridgehead atoms. The number of thiophene rings is 1. The van der Waals surface area contributed by atoms with Crippen molar-refractivity contribution in [1.29, 1.82) is 0 Å². The second-order valence-corrected chi connectivity index (χ2v) is 7.16. The van der Waals surface area contributed by atoms with Crippen molar-refractivity contribution in [3.8, 4) is 0 Å². The molecule has 0 spiro atoms. The molecule has 1 atom stereocenters. The fourth-order valence-electron chi connectivity index (χ4n) is 2.55. The minimum atomic E-state index is 0.138. The topological polar surface area (TPSA) is 43.8 Å². The molecule has 4 nitrogen and oxygen atoms in total. The van der Waals surface area contributed by atoms with Crippen LogP contribution in [0.5, 0.6) is 0 Å². The van der Waals surface area contributed by atoms with Crippen molar-refractivity contribution < 1.29 is 9.90 Å². The summed E-state index contributed by atoms with van der Waals surface area (Å²) in [6.45, 7) is 3.20. The molecule has 1 saturated heterocycles. The third-order valence-corrected chi connectivity index (χ3v) is 4.93. The Kier molecular flexibility index (Phi) is 5.84. The van der Waals surface area contributed by atoms with Gasteiger partial charge in [0.1, 0.15) is 0 Å². The highest BCUT2D eigenvalue weighted by molar-refractivity contribution is 7.16. The SMILES string of the molecule is CN(Cc1ccc(Cl)s1)C(=O)CN1CCC(CCO)C1. The number of halogens is 1. The first-order chi connectivity index (χ1) is 9.58. The van der Waals surface area contributed by atoms with E-state index >= 15 is 0 Å². The number of aliphatic hydroxyl groups is 1. The average molecular weight is 317 g/mol. The van der Waals surface area contributed by atoms with Crippen molar-refractivity contribution in [3.05, 3.63) is 21.3 Å². The lowest BCUT2D eigenvalue weighted by molar-refractivity contribution is -0.131. The number of amides is 1. The maximum atomic E-state index is 12.2. The summed E-state index contributed by atoms with van der Waals surface area (Å²) in [5.74, 6) is 0.674. The molecule has 0 aliphatic carbocycles. The predicted octanol–water partition coefficient (Wildman–Crippen LogP) is 2.06. The van der Waals surface area contributed by atoms with E-state index in [-0.39, 0.29) is 12.5 Å². The molecule has 1 unspecified atom stereocenters. The van der Waals surface area contributed by atoms with E-state index in [1.165, 1.54) is 11.3 Å². The van der Waals surface area contributed by atoms with E-state index in [4.69, 9.17) is 16.7 Å². The maximum absolute atomic E-state index is 12.2. The molecular weight excluding hydrogens is 296 g/mol. The van der Waals surface area contributed by atoms with Gasteiger partial charge >= 0.3 is 0 Å². The summed E-state index contributed by atoms with van der Waals surface area (Å²) in [4.78, 5) is 17.2. The van der Waals surface area contributed by atoms with Gasteiger partial charge < -0.3 is 10.0 Å². The summed E-state index contributed by atoms with van der Waals surface area (Å²) in [6, 6.07) is 3.82. The zero-order chi connectivity index (χ0) is 14.5. The van der Waals surface area contributed by atoms with E-state index in [2.05, 4.69) is 4.90 Å². The third-order valence-electron chi connectivity index (χ3n) is 3.71. The fourth-order valence-corrected chi connectivity index (χ4v) is 3.69. The second kappa shape index (κ2) is 7.41. The lowest BCUT2D eigenvalue weighted by atomic mass is 10.1. The van der Waals surface area contributed by atoms with Crippen molar-refractivity contribution in [3.63, 3.8) is 0 Å². The number of likely N-dealkylation sites (N-methyl/N-ethyl adjacent to an activating group) is 1. The Morgan fingerprint density at radius 1 is 1.60 bits per heavy atom. The summed E-state index contributed by atoms with van der Waals surface area (Å²) in [5.41, 5.74) is 0. The van der Waals surface area contributed by atoms with Crippen LogP contribution >= 0.6 is 22.9 Å². The fraction of sp³-hybridized carbons (Fsp3) is 0.643. The number of hydrogen-bond acceptors (Lipinski definition) is 4. The minimum Gasteiger partial charge on any atom is -0.396 e. The lowest BCUT2D eigenvalue weighted by Gasteiger charge is -2.21. The average Bonchev–Trinajstić information content (AvgIpc) is 2.99. The molecule has 1 N–H and O–H groups in total. The van der Waals surface area contributed by atoms with Crippen LogP contribution in [0.1, 0.15) is 17.7 Å². The second-order valence-electron chi connectivity index (χ2n) is 5.36. The highest BCUT2D eigenvalue weighted by atomic mass is 35.5. The van der Waals surface area contributed by atoms with Crippen molar-refractivity contribution in [2.24, 2.45) is 5.92 Å². The molecule has 0 saturated carbocycles. The Balaban J connectivity index is 1.77. The molecule has 1 aromatic heterocycles. The first kappa shape index (κ1) is 15.8. The Morgan fingerprint density at radius 3 is 3.05 bits per heavy atom. The zero-order valence-corrected chi connectivity index (χ0v) is 13.3. The van der Waals surface area contributed by atoms with Gasteiger partial charge in [0.05, 0.1) is 17.4 Å². The van der Waals surface area contributed by atoms with Crippen molar-refractivity contribution in [1.82, 2.24) is 9.80 Å². The molecule has 2 heterocycles. The Morgan fingerprint density at radius 2 is 2.40 bits per heavy atom. The van der Waals surface area contributed by atoms with Crippen LogP contribution in [0.2, 0.25) is 4.34 Å². The van der Waals surface area contributed by atoms with Crippen molar-refractivity contribution in [2.45, 2.75) is 19.4 Å². The Hall–Kier alpha value is -0.620. The van der Waals surface area contributed by atoms with Gasteiger partial charge in [-0.15, -0.1) is 11.3 Å². The predicted molar refractivity (Wildman–Crippen MR) is 82.1 cm³/mol. The highest BCUT2D eigenvalue weighted by Crippen LogP contribution is 2.23. The van der Waals surface area contributed by atoms with Crippen LogP contribution in [-0.2, 0) is 11.3 Å². The number of aliphatic hydroxyl groups excluding tert-OH is 1. The first-order valence-electron chi connectivity index (χ1n) is 6.90. The van der Waals surface area contributed by atoms with E-state index in [1.807, 2.05) is 19.2 Å². The highest BCUT2D eigenvalue weighted by Gasteiger charge is 2.24. The minimum absolute atomic E-state index is 0.138. The molecule has 2 rings (SSSR count). The maximum Gasteiger partial charge on any atom is 0.236 e. The number of carbonyl (C=O) groups excluding carboxylic acids is 1. The molecule has 1 aromatic rings. The number of likely N-dealkylation sites (tertiary alicyclic amines) is 1. The Labute approximate surface area is 128 Å². The molecule has 1 aliphatic heterocycles. The van der Waals surface area contributed by atoms with E-state index in [1.54, 1.807) is 4.90 Å². The number of carbonyl (C=O) groups is 1. The smallest absolute Gasteiger partial charge is 0.236 e. The molecule has 112 valence electrons. The van der Waals surface area contributed by atoms with Crippen LogP contribution in [-0.4, -0.2) is 54.1 Å². The molecule has 1 fully saturated rings. The quantitative estimate of drug-likeness (QED) is 0.873. The number of hydrogen-bond donors (Lipinski definition) is 1. The summed E-state index contributed by atoms with van der Waals surface area (Å²) in [5, 5.41) is 8.95. The molecule has 6 heteroatoms. The molecular formula is C14H21ClN2O2S. The van der Waals surface area contributed by atoms with Gasteiger partial charge in [0.2, 0.25) is 5.91 Å². The molecule has 0 radical (unpaired) electrons. The molecule has 1 aliphatic rings. The number of rotatable bonds is 6. The molecule has 20 heavy (non-hydrogen) atoms. The Bertz CT molecular complexity index is 452. The largest absolute Gasteiger partial charge is 0.396 e. The van der Waals surface area contributed by atoms with Gasteiger partial charge in [-0.25, -0.2) is 0 Å². The van der Waals surface area contributed by atoms with Crippen molar-refractivity contribution in [2.75, 3.05) is 33.3 Å². The molecule has 0 aromatic carbocycles. The van der Waals surface area contributed by atoms with Crippen LogP contribution in [0, 0.1) is 5.92 Å². The van der Waals surface area contributed by atoms with E-state index in [0.717, 1.165) is 35.1 Å². The molecule has 1 amide bonds. The van der Waals surface area contributed by atoms with E-state index < -0.39 is 0 Å². The van der Waals surface area contributed by atoms with Gasteiger partial charge in [-0.2, -0.15) is 0 Å². The zero-order valence-electron chi connectivity index (χ0n) is 11.7. The first-order valence-corrected chi connectivity index (χ1v) is 8.09. The van der Waals surface area contributed by atoms with Gasteiger partial charge in [-0.3, -0.25) is 9.69 Å². The lowest BCUT2D eigenvalue weighted by Crippen LogP contribution is -2.37. The van der Waals surface area contributed by atoms with Crippen molar-refractivity contribution >= 4 is 28.8 Å². The normalized spacial score (nSPS) is 19.4. The van der Waals surface area contributed by atoms with E-state index in [9.17, 15) is 4.79 Å². The van der Waals surface area contributed by atoms with Gasteiger partial charge in [0, 0.05) is 25.1 Å². The van der Waals surface area contributed by atoms with E-state index in [0.29, 0.717) is 19.0 Å². The summed E-state index contributed by atoms with van der Waals surface area (Å²) in [6.07, 6.45) is 1.92. The summed E-state index contributed by atoms with van der Waals surface area (Å²) >= 11 is 7.41. The standard InChI is InChI=1S/C14H21ClN2O2S/c1-16(9-12-2-3-13(15)20-12)14(19)10-17-6-4-11(8-17)5-7-18/h2-3,11,18H,4-10H2,1H3. The van der Waals surface area contributed by atoms with Gasteiger partial charge in [-0.05, 0) is 37.4 Å². The third kappa shape index (κ3) is 4.45. The summed E-state index contributed by atoms with van der Waals surface area (Å²) in [7, 11) is 1.83. The van der Waals surface area contributed by atoms with Crippen LogP contribution in [0.4, 0.5) is 0 Å². The number of nitrogens with zero attached hydrogens (tertiary/aromatic N) is 2. The van der Waals surface area contributed by atoms with Gasteiger partial charge in [0.25, 0.3) is 0 Å².